The largest absolute Gasteiger partial charge is 0.492 e. The summed E-state index contributed by atoms with van der Waals surface area (Å²) in [6.07, 6.45) is 0. The minimum Gasteiger partial charge on any atom is -0.423 e. The summed E-state index contributed by atoms with van der Waals surface area (Å²) in [6, 6.07) is 6.74. The maximum absolute atomic E-state index is 12.1. The van der Waals surface area contributed by atoms with Crippen molar-refractivity contribution in [2.75, 3.05) is 14.1 Å². The molecule has 1 amide bonds. The van der Waals surface area contributed by atoms with E-state index in [9.17, 15) is 14.9 Å². The number of benzene rings is 1. The molecule has 1 aromatic carbocycles. The number of rotatable bonds is 5. The van der Waals surface area contributed by atoms with Gasteiger partial charge in [0, 0.05) is 19.7 Å². The lowest BCUT2D eigenvalue weighted by atomic mass is 9.74. The highest BCUT2D eigenvalue weighted by Crippen LogP contribution is 2.25. The zero-order valence-electron chi connectivity index (χ0n) is 13.5. The molecule has 0 unspecified atom stereocenters. The fraction of sp³-hybridized carbons (Fsp3) is 0.533. The van der Waals surface area contributed by atoms with Crippen molar-refractivity contribution >= 4 is 18.5 Å². The Hall–Kier alpha value is -1.37. The first-order valence-corrected chi connectivity index (χ1v) is 6.86. The van der Waals surface area contributed by atoms with Crippen molar-refractivity contribution in [2.24, 2.45) is 0 Å². The van der Waals surface area contributed by atoms with Crippen molar-refractivity contribution in [3.8, 4) is 0 Å². The van der Waals surface area contributed by atoms with Gasteiger partial charge in [0.15, 0.2) is 0 Å². The second-order valence-corrected chi connectivity index (χ2v) is 6.33. The first kappa shape index (κ1) is 17.7. The van der Waals surface area contributed by atoms with Crippen molar-refractivity contribution in [3.05, 3.63) is 29.8 Å². The van der Waals surface area contributed by atoms with E-state index in [1.54, 1.807) is 66.1 Å². The highest BCUT2D eigenvalue weighted by molar-refractivity contribution is 6.61. The van der Waals surface area contributed by atoms with E-state index in [0.29, 0.717) is 11.0 Å². The lowest BCUT2D eigenvalue weighted by Crippen LogP contribution is -2.54. The average Bonchev–Trinajstić information content (AvgIpc) is 2.35. The van der Waals surface area contributed by atoms with Gasteiger partial charge in [0.05, 0.1) is 11.2 Å². The molecule has 1 aromatic rings. The van der Waals surface area contributed by atoms with Crippen LogP contribution in [0.4, 0.5) is 0 Å². The lowest BCUT2D eigenvalue weighted by molar-refractivity contribution is -0.0982. The summed E-state index contributed by atoms with van der Waals surface area (Å²) in [7, 11) is 1.99. The Labute approximate surface area is 126 Å². The van der Waals surface area contributed by atoms with E-state index in [0.717, 1.165) is 0 Å². The van der Waals surface area contributed by atoms with E-state index < -0.39 is 18.3 Å². The molecule has 0 bridgehead atoms. The number of nitrogens with zero attached hydrogens (tertiary/aromatic N) is 1. The summed E-state index contributed by atoms with van der Waals surface area (Å²) in [6.45, 7) is 6.59. The Bertz CT molecular complexity index is 509. The molecule has 0 aliphatic carbocycles. The Morgan fingerprint density at radius 2 is 1.71 bits per heavy atom. The standard InChI is InChI=1S/C15H24BNO4/c1-14(2,19)15(3,4)21-16(20)12-10-8-7-9-11(12)13(18)17(5)6/h7-10,19-20H,1-6H3. The number of carbonyl (C=O) groups is 1. The normalized spacial score (nSPS) is 12.2. The molecule has 0 aromatic heterocycles. The highest BCUT2D eigenvalue weighted by atomic mass is 16.5. The van der Waals surface area contributed by atoms with Gasteiger partial charge in [0.1, 0.15) is 0 Å². The van der Waals surface area contributed by atoms with Crippen molar-refractivity contribution in [3.63, 3.8) is 0 Å². The van der Waals surface area contributed by atoms with Gasteiger partial charge < -0.3 is 19.7 Å². The van der Waals surface area contributed by atoms with E-state index in [4.69, 9.17) is 4.65 Å². The highest BCUT2D eigenvalue weighted by Gasteiger charge is 2.40. The van der Waals surface area contributed by atoms with Gasteiger partial charge in [-0.1, -0.05) is 18.2 Å². The van der Waals surface area contributed by atoms with Gasteiger partial charge in [0.2, 0.25) is 0 Å². The predicted molar refractivity (Wildman–Crippen MR) is 83.5 cm³/mol. The van der Waals surface area contributed by atoms with Gasteiger partial charge in [-0.25, -0.2) is 0 Å². The van der Waals surface area contributed by atoms with Gasteiger partial charge in [-0.3, -0.25) is 4.79 Å². The maximum atomic E-state index is 12.1. The van der Waals surface area contributed by atoms with Gasteiger partial charge in [-0.2, -0.15) is 0 Å². The molecular formula is C15H24BNO4. The fourth-order valence-corrected chi connectivity index (χ4v) is 1.63. The van der Waals surface area contributed by atoms with Crippen molar-refractivity contribution in [2.45, 2.75) is 38.9 Å². The first-order chi connectivity index (χ1) is 9.47. The van der Waals surface area contributed by atoms with Crippen LogP contribution >= 0.6 is 0 Å². The molecule has 0 fully saturated rings. The molecule has 1 rings (SSSR count). The number of amides is 1. The van der Waals surface area contributed by atoms with E-state index >= 15 is 0 Å². The molecule has 0 saturated heterocycles. The van der Waals surface area contributed by atoms with Crippen molar-refractivity contribution in [1.29, 1.82) is 0 Å². The SMILES string of the molecule is CN(C)C(=O)c1ccccc1B(O)OC(C)(C)C(C)(C)O. The van der Waals surface area contributed by atoms with Gasteiger partial charge in [0.25, 0.3) is 5.91 Å². The topological polar surface area (TPSA) is 70.0 Å². The van der Waals surface area contributed by atoms with Crippen LogP contribution in [-0.4, -0.2) is 53.4 Å². The fourth-order valence-electron chi connectivity index (χ4n) is 1.63. The third kappa shape index (κ3) is 4.06. The quantitative estimate of drug-likeness (QED) is 0.782. The number of hydrogen-bond acceptors (Lipinski definition) is 4. The van der Waals surface area contributed by atoms with Crippen molar-refractivity contribution < 1.29 is 19.6 Å². The number of aliphatic hydroxyl groups is 1. The van der Waals surface area contributed by atoms with Crippen LogP contribution in [0.3, 0.4) is 0 Å². The molecule has 0 aliphatic rings. The second-order valence-electron chi connectivity index (χ2n) is 6.33. The van der Waals surface area contributed by atoms with Crippen LogP contribution < -0.4 is 5.46 Å². The predicted octanol–water partition coefficient (Wildman–Crippen LogP) is 0.642. The van der Waals surface area contributed by atoms with Crippen LogP contribution in [0, 0.1) is 0 Å². The second kappa shape index (κ2) is 6.18. The average molecular weight is 293 g/mol. The monoisotopic (exact) mass is 293 g/mol. The third-order valence-electron chi connectivity index (χ3n) is 3.74. The summed E-state index contributed by atoms with van der Waals surface area (Å²) in [5.74, 6) is -0.214. The summed E-state index contributed by atoms with van der Waals surface area (Å²) in [5, 5.41) is 20.4. The molecule has 2 N–H and O–H groups in total. The lowest BCUT2D eigenvalue weighted by Gasteiger charge is -2.38. The number of carbonyl (C=O) groups excluding carboxylic acids is 1. The maximum Gasteiger partial charge on any atom is 0.492 e. The van der Waals surface area contributed by atoms with Crippen LogP contribution in [0.2, 0.25) is 0 Å². The summed E-state index contributed by atoms with van der Waals surface area (Å²) < 4.78 is 5.59. The van der Waals surface area contributed by atoms with Gasteiger partial charge in [-0.05, 0) is 39.2 Å². The molecule has 6 heteroatoms. The molecular weight excluding hydrogens is 269 g/mol. The van der Waals surface area contributed by atoms with Crippen LogP contribution in [-0.2, 0) is 4.65 Å². The molecule has 116 valence electrons. The summed E-state index contributed by atoms with van der Waals surface area (Å²) in [4.78, 5) is 13.6. The van der Waals surface area contributed by atoms with Crippen molar-refractivity contribution in [1.82, 2.24) is 4.90 Å². The van der Waals surface area contributed by atoms with E-state index in [1.165, 1.54) is 4.90 Å². The van der Waals surface area contributed by atoms with E-state index in [1.807, 2.05) is 0 Å². The zero-order chi connectivity index (χ0) is 16.4. The Morgan fingerprint density at radius 3 is 2.19 bits per heavy atom. The smallest absolute Gasteiger partial charge is 0.423 e. The molecule has 0 saturated carbocycles. The Kier molecular flexibility index (Phi) is 5.20. The molecule has 0 heterocycles. The molecule has 21 heavy (non-hydrogen) atoms. The molecule has 0 atom stereocenters. The Balaban J connectivity index is 3.09. The van der Waals surface area contributed by atoms with Crippen LogP contribution in [0.1, 0.15) is 38.1 Å². The van der Waals surface area contributed by atoms with Gasteiger partial charge in [-0.15, -0.1) is 0 Å². The summed E-state index contributed by atoms with van der Waals surface area (Å²) in [5.41, 5.74) is -1.37. The minimum atomic E-state index is -1.30. The zero-order valence-corrected chi connectivity index (χ0v) is 13.5. The van der Waals surface area contributed by atoms with E-state index in [2.05, 4.69) is 0 Å². The molecule has 0 spiro atoms. The minimum absolute atomic E-state index is 0.214. The Morgan fingerprint density at radius 1 is 1.19 bits per heavy atom. The third-order valence-corrected chi connectivity index (χ3v) is 3.74. The number of hydrogen-bond donors (Lipinski definition) is 2. The molecule has 5 nitrogen and oxygen atoms in total. The molecule has 0 aliphatic heterocycles. The van der Waals surface area contributed by atoms with Gasteiger partial charge >= 0.3 is 7.12 Å². The summed E-state index contributed by atoms with van der Waals surface area (Å²) >= 11 is 0. The first-order valence-electron chi connectivity index (χ1n) is 6.86. The van der Waals surface area contributed by atoms with E-state index in [-0.39, 0.29) is 5.91 Å². The van der Waals surface area contributed by atoms with Crippen LogP contribution in [0.5, 0.6) is 0 Å². The van der Waals surface area contributed by atoms with Crippen LogP contribution in [0.15, 0.2) is 24.3 Å². The molecule has 0 radical (unpaired) electrons. The van der Waals surface area contributed by atoms with Crippen LogP contribution in [0.25, 0.3) is 0 Å².